The summed E-state index contributed by atoms with van der Waals surface area (Å²) >= 11 is 0. The van der Waals surface area contributed by atoms with Crippen molar-refractivity contribution in [1.82, 2.24) is 10.2 Å². The van der Waals surface area contributed by atoms with E-state index in [9.17, 15) is 14.0 Å². The Labute approximate surface area is 206 Å². The second-order valence-corrected chi connectivity index (χ2v) is 11.2. The number of hydrogen-bond donors (Lipinski definition) is 1. The lowest BCUT2D eigenvalue weighted by Gasteiger charge is -2.64. The van der Waals surface area contributed by atoms with Crippen molar-refractivity contribution in [3.05, 3.63) is 48.6 Å². The zero-order chi connectivity index (χ0) is 25.0. The number of likely N-dealkylation sites (tertiary alicyclic amines) is 1. The van der Waals surface area contributed by atoms with Gasteiger partial charge in [-0.2, -0.15) is 0 Å². The number of halogens is 1. The van der Waals surface area contributed by atoms with Gasteiger partial charge in [0.1, 0.15) is 0 Å². The number of hydrogen-bond acceptors (Lipinski definition) is 5. The van der Waals surface area contributed by atoms with Gasteiger partial charge < -0.3 is 24.3 Å². The summed E-state index contributed by atoms with van der Waals surface area (Å²) in [7, 11) is -0.642. The van der Waals surface area contributed by atoms with Crippen LogP contribution in [-0.2, 0) is 25.3 Å². The first-order valence-corrected chi connectivity index (χ1v) is 12.5. The van der Waals surface area contributed by atoms with Gasteiger partial charge in [0.25, 0.3) is 0 Å². The van der Waals surface area contributed by atoms with Crippen molar-refractivity contribution in [1.29, 1.82) is 0 Å². The van der Waals surface area contributed by atoms with Crippen LogP contribution in [0.4, 0.5) is 9.18 Å². The highest BCUT2D eigenvalue weighted by atomic mass is 19.1. The number of nitrogens with one attached hydrogen (secondary N) is 1. The molecular formula is C26H34BFN2O5. The largest absolute Gasteiger partial charge is 0.482 e. The van der Waals surface area contributed by atoms with E-state index >= 15 is 0 Å². The summed E-state index contributed by atoms with van der Waals surface area (Å²) in [5, 5.41) is 2.89. The molecule has 1 N–H and O–H groups in total. The third-order valence-corrected chi connectivity index (χ3v) is 8.84. The van der Waals surface area contributed by atoms with Crippen molar-refractivity contribution in [2.45, 2.75) is 70.0 Å². The normalized spacial score (nSPS) is 35.6. The van der Waals surface area contributed by atoms with E-state index in [4.69, 9.17) is 14.0 Å². The molecule has 7 atom stereocenters. The van der Waals surface area contributed by atoms with Crippen LogP contribution >= 0.6 is 0 Å². The van der Waals surface area contributed by atoms with Crippen LogP contribution in [0.3, 0.4) is 0 Å². The van der Waals surface area contributed by atoms with Crippen molar-refractivity contribution in [2.75, 3.05) is 13.1 Å². The Morgan fingerprint density at radius 2 is 2.03 bits per heavy atom. The first-order valence-electron chi connectivity index (χ1n) is 12.5. The molecule has 3 saturated carbocycles. The second-order valence-electron chi connectivity index (χ2n) is 11.2. The maximum atomic E-state index is 14.5. The zero-order valence-corrected chi connectivity index (χ0v) is 20.6. The maximum absolute atomic E-state index is 14.5. The molecule has 9 heteroatoms. The Morgan fingerprint density at radius 3 is 2.71 bits per heavy atom. The molecule has 1 aromatic rings. The molecule has 5 aliphatic rings. The predicted molar refractivity (Wildman–Crippen MR) is 129 cm³/mol. The smallest absolute Gasteiger partial charge is 0.441 e. The van der Waals surface area contributed by atoms with Gasteiger partial charge in [-0.25, -0.2) is 9.18 Å². The van der Waals surface area contributed by atoms with Crippen molar-refractivity contribution in [3.63, 3.8) is 0 Å². The monoisotopic (exact) mass is 484 g/mol. The summed E-state index contributed by atoms with van der Waals surface area (Å²) in [6, 6.07) is 9.79. The number of benzene rings is 1. The second kappa shape index (κ2) is 8.93. The number of rotatable bonds is 6. The first kappa shape index (κ1) is 24.3. The van der Waals surface area contributed by atoms with Gasteiger partial charge in [-0.05, 0) is 55.1 Å². The molecule has 2 bridgehead atoms. The predicted octanol–water partition coefficient (Wildman–Crippen LogP) is 3.33. The number of alkyl carbamates (subject to hydrolysis) is 1. The van der Waals surface area contributed by atoms with Crippen LogP contribution in [-0.4, -0.2) is 67.0 Å². The van der Waals surface area contributed by atoms with Gasteiger partial charge in [-0.15, -0.1) is 0 Å². The van der Waals surface area contributed by atoms with E-state index in [0.717, 1.165) is 24.5 Å². The highest BCUT2D eigenvalue weighted by Gasteiger charge is 2.68. The lowest BCUT2D eigenvalue weighted by molar-refractivity contribution is -0.199. The average Bonchev–Trinajstić information content (AvgIpc) is 3.37. The average molecular weight is 484 g/mol. The number of ether oxygens (including phenoxy) is 1. The summed E-state index contributed by atoms with van der Waals surface area (Å²) in [5.74, 6) is 0.111. The van der Waals surface area contributed by atoms with E-state index in [2.05, 4.69) is 32.7 Å². The van der Waals surface area contributed by atoms with E-state index in [1.165, 1.54) is 4.90 Å². The van der Waals surface area contributed by atoms with Gasteiger partial charge in [0.15, 0.2) is 12.3 Å². The molecule has 2 aliphatic heterocycles. The molecule has 7 nitrogen and oxygen atoms in total. The van der Waals surface area contributed by atoms with Crippen LogP contribution in [0.15, 0.2) is 43.0 Å². The number of alkyl halides is 1. The van der Waals surface area contributed by atoms with E-state index in [1.807, 2.05) is 30.3 Å². The third kappa shape index (κ3) is 4.27. The molecular weight excluding hydrogens is 450 g/mol. The Hall–Kier alpha value is -2.39. The molecule has 0 unspecified atom stereocenters. The van der Waals surface area contributed by atoms with Crippen LogP contribution < -0.4 is 5.32 Å². The van der Waals surface area contributed by atoms with Crippen LogP contribution in [0.2, 0.25) is 0 Å². The highest BCUT2D eigenvalue weighted by molar-refractivity contribution is 6.47. The highest BCUT2D eigenvalue weighted by Crippen LogP contribution is 2.65. The molecule has 35 heavy (non-hydrogen) atoms. The summed E-state index contributed by atoms with van der Waals surface area (Å²) in [5.41, 5.74) is 0.810. The molecule has 2 saturated heterocycles. The number of carbonyl (C=O) groups is 2. The fraction of sp³-hybridized carbons (Fsp3) is 0.615. The van der Waals surface area contributed by atoms with E-state index < -0.39 is 37.0 Å². The summed E-state index contributed by atoms with van der Waals surface area (Å²) < 4.78 is 32.9. The van der Waals surface area contributed by atoms with Crippen molar-refractivity contribution >= 4 is 19.1 Å². The molecule has 6 rings (SSSR count). The van der Waals surface area contributed by atoms with Crippen LogP contribution in [0, 0.1) is 17.3 Å². The molecule has 2 amide bonds. The molecule has 188 valence electrons. The summed E-state index contributed by atoms with van der Waals surface area (Å²) in [4.78, 5) is 26.0. The lowest BCUT2D eigenvalue weighted by Crippen LogP contribution is -2.65. The zero-order valence-electron chi connectivity index (χ0n) is 20.6. The number of carbonyl (C=O) groups excluding carboxylic acids is 2. The Bertz CT molecular complexity index is 993. The number of nitrogens with zero attached hydrogens (tertiary/aromatic N) is 1. The van der Waals surface area contributed by atoms with Crippen LogP contribution in [0.5, 0.6) is 0 Å². The van der Waals surface area contributed by atoms with E-state index in [-0.39, 0.29) is 30.5 Å². The fourth-order valence-corrected chi connectivity index (χ4v) is 6.63. The summed E-state index contributed by atoms with van der Waals surface area (Å²) in [6.45, 7) is 10.0. The number of amides is 2. The van der Waals surface area contributed by atoms with Gasteiger partial charge in [0.05, 0.1) is 30.7 Å². The minimum atomic E-state index is -1.45. The van der Waals surface area contributed by atoms with E-state index in [1.54, 1.807) is 0 Å². The summed E-state index contributed by atoms with van der Waals surface area (Å²) in [6.07, 6.45) is 0.428. The van der Waals surface area contributed by atoms with Crippen LogP contribution in [0.1, 0.15) is 39.2 Å². The molecule has 0 spiro atoms. The minimum Gasteiger partial charge on any atom is -0.441 e. The van der Waals surface area contributed by atoms with Gasteiger partial charge in [0.2, 0.25) is 5.91 Å². The SMILES string of the molecule is C=CC(=O)N1C[C@@H](F)[C@H](OC(=O)N[C@@H](Cc2ccccc2)B2O[C@@H]3C[C@@H]4C[C@@H](C4(C)C)[C@]3(C)O2)C1. The Kier molecular flexibility index (Phi) is 6.20. The maximum Gasteiger partial charge on any atom is 0.482 e. The molecule has 0 aromatic heterocycles. The molecule has 0 radical (unpaired) electrons. The third-order valence-electron chi connectivity index (χ3n) is 8.84. The molecule has 5 fully saturated rings. The van der Waals surface area contributed by atoms with Crippen molar-refractivity contribution in [2.24, 2.45) is 17.3 Å². The van der Waals surface area contributed by atoms with Gasteiger partial charge >= 0.3 is 13.2 Å². The van der Waals surface area contributed by atoms with Crippen LogP contribution in [0.25, 0.3) is 0 Å². The van der Waals surface area contributed by atoms with E-state index in [0.29, 0.717) is 18.3 Å². The van der Waals surface area contributed by atoms with Crippen molar-refractivity contribution < 1.29 is 28.0 Å². The van der Waals surface area contributed by atoms with Gasteiger partial charge in [0, 0.05) is 0 Å². The molecule has 1 aromatic carbocycles. The first-order chi connectivity index (χ1) is 16.6. The standard InChI is InChI=1S/C26H34BFN2O5/c1-5-23(31)30-14-18(28)19(15-30)33-24(32)29-22(11-16-9-7-6-8-10-16)27-34-21-13-17-12-20(25(17,2)3)26(21,4)35-27/h5-10,17-22H,1,11-15H2,2-4H3,(H,29,32)/t17-,18+,19+,20-,21+,22-,26-/m0/s1. The molecule has 2 heterocycles. The quantitative estimate of drug-likeness (QED) is 0.495. The molecule has 3 aliphatic carbocycles. The topological polar surface area (TPSA) is 77.1 Å². The fourth-order valence-electron chi connectivity index (χ4n) is 6.63. The Morgan fingerprint density at radius 1 is 1.29 bits per heavy atom. The van der Waals surface area contributed by atoms with Gasteiger partial charge in [-0.1, -0.05) is 50.8 Å². The van der Waals surface area contributed by atoms with Gasteiger partial charge in [-0.3, -0.25) is 4.79 Å². The van der Waals surface area contributed by atoms with Crippen molar-refractivity contribution in [3.8, 4) is 0 Å². The lowest BCUT2D eigenvalue weighted by atomic mass is 9.43. The Balaban J connectivity index is 1.29. The minimum absolute atomic E-state index is 0.00246.